The van der Waals surface area contributed by atoms with Crippen molar-refractivity contribution in [3.8, 4) is 11.1 Å². The molecule has 0 heterocycles. The van der Waals surface area contributed by atoms with Gasteiger partial charge in [-0.05, 0) is 36.2 Å². The third kappa shape index (κ3) is 3.05. The molecule has 0 amide bonds. The summed E-state index contributed by atoms with van der Waals surface area (Å²) >= 11 is 17.7. The number of aryl methyl sites for hydroxylation is 1. The predicted octanol–water partition coefficient (Wildman–Crippen LogP) is 6.64. The molecule has 20 heavy (non-hydrogen) atoms. The fourth-order valence-corrected chi connectivity index (χ4v) is 2.49. The van der Waals surface area contributed by atoms with Crippen LogP contribution in [0.1, 0.15) is 11.1 Å². The SMILES string of the molecule is Cc1ccc(-c2cc(Cl)c(Cl)cc2Cl)cc1C(F)(F)F. The molecule has 0 aromatic heterocycles. The number of hydrogen-bond donors (Lipinski definition) is 0. The van der Waals surface area contributed by atoms with Crippen molar-refractivity contribution in [3.63, 3.8) is 0 Å². The first kappa shape index (κ1) is 15.5. The number of halogens is 6. The summed E-state index contributed by atoms with van der Waals surface area (Å²) < 4.78 is 38.7. The molecular weight excluding hydrogens is 332 g/mol. The molecular formula is C14H8Cl3F3. The maximum Gasteiger partial charge on any atom is 0.416 e. The molecule has 0 unspecified atom stereocenters. The van der Waals surface area contributed by atoms with Gasteiger partial charge in [-0.15, -0.1) is 0 Å². The van der Waals surface area contributed by atoms with Gasteiger partial charge in [-0.3, -0.25) is 0 Å². The highest BCUT2D eigenvalue weighted by Gasteiger charge is 2.32. The molecule has 0 spiro atoms. The number of hydrogen-bond acceptors (Lipinski definition) is 0. The van der Waals surface area contributed by atoms with Crippen LogP contribution < -0.4 is 0 Å². The van der Waals surface area contributed by atoms with E-state index >= 15 is 0 Å². The largest absolute Gasteiger partial charge is 0.416 e. The standard InChI is InChI=1S/C14H8Cl3F3/c1-7-2-3-8(4-10(7)14(18,19)20)9-5-12(16)13(17)6-11(9)15/h2-6H,1H3. The Morgan fingerprint density at radius 3 is 2.05 bits per heavy atom. The summed E-state index contributed by atoms with van der Waals surface area (Å²) in [4.78, 5) is 0. The molecule has 0 fully saturated rings. The van der Waals surface area contributed by atoms with Crippen LogP contribution in [0.15, 0.2) is 30.3 Å². The van der Waals surface area contributed by atoms with Crippen molar-refractivity contribution >= 4 is 34.8 Å². The van der Waals surface area contributed by atoms with Gasteiger partial charge >= 0.3 is 6.18 Å². The number of rotatable bonds is 1. The first-order chi connectivity index (χ1) is 9.20. The van der Waals surface area contributed by atoms with Crippen LogP contribution in [0.3, 0.4) is 0 Å². The Labute approximate surface area is 129 Å². The lowest BCUT2D eigenvalue weighted by Gasteiger charge is -2.13. The van der Waals surface area contributed by atoms with E-state index < -0.39 is 11.7 Å². The summed E-state index contributed by atoms with van der Waals surface area (Å²) in [6.07, 6.45) is -4.41. The average molecular weight is 340 g/mol. The summed E-state index contributed by atoms with van der Waals surface area (Å²) in [7, 11) is 0. The molecule has 2 aromatic carbocycles. The van der Waals surface area contributed by atoms with Crippen molar-refractivity contribution in [2.45, 2.75) is 13.1 Å². The van der Waals surface area contributed by atoms with Gasteiger partial charge in [-0.1, -0.05) is 46.9 Å². The second kappa shape index (κ2) is 5.47. The molecule has 0 radical (unpaired) electrons. The van der Waals surface area contributed by atoms with Gasteiger partial charge in [-0.25, -0.2) is 0 Å². The molecule has 0 bridgehead atoms. The highest BCUT2D eigenvalue weighted by atomic mass is 35.5. The van der Waals surface area contributed by atoms with E-state index in [9.17, 15) is 13.2 Å². The Kier molecular flexibility index (Phi) is 4.24. The van der Waals surface area contributed by atoms with Crippen LogP contribution in [0.25, 0.3) is 11.1 Å². The zero-order chi connectivity index (χ0) is 15.1. The van der Waals surface area contributed by atoms with E-state index in [0.717, 1.165) is 6.07 Å². The molecule has 0 atom stereocenters. The maximum atomic E-state index is 12.9. The van der Waals surface area contributed by atoms with E-state index in [4.69, 9.17) is 34.8 Å². The quantitative estimate of drug-likeness (QED) is 0.511. The zero-order valence-corrected chi connectivity index (χ0v) is 12.4. The predicted molar refractivity (Wildman–Crippen MR) is 76.6 cm³/mol. The maximum absolute atomic E-state index is 12.9. The molecule has 0 aliphatic carbocycles. The Morgan fingerprint density at radius 2 is 1.45 bits per heavy atom. The third-order valence-corrected chi connectivity index (χ3v) is 3.90. The molecule has 2 rings (SSSR count). The highest BCUT2D eigenvalue weighted by Crippen LogP contribution is 2.39. The van der Waals surface area contributed by atoms with E-state index in [2.05, 4.69) is 0 Å². The summed E-state index contributed by atoms with van der Waals surface area (Å²) in [5.74, 6) is 0. The summed E-state index contributed by atoms with van der Waals surface area (Å²) in [5, 5.41) is 0.736. The van der Waals surface area contributed by atoms with Crippen LogP contribution in [-0.2, 0) is 6.18 Å². The summed E-state index contributed by atoms with van der Waals surface area (Å²) in [6, 6.07) is 6.89. The zero-order valence-electron chi connectivity index (χ0n) is 10.2. The second-order valence-corrected chi connectivity index (χ2v) is 5.50. The van der Waals surface area contributed by atoms with Crippen molar-refractivity contribution in [1.82, 2.24) is 0 Å². The highest BCUT2D eigenvalue weighted by molar-refractivity contribution is 6.44. The molecule has 0 N–H and O–H groups in total. The minimum atomic E-state index is -4.41. The van der Waals surface area contributed by atoms with Gasteiger partial charge in [0.05, 0.1) is 15.6 Å². The monoisotopic (exact) mass is 338 g/mol. The Bertz CT molecular complexity index is 663. The topological polar surface area (TPSA) is 0 Å². The summed E-state index contributed by atoms with van der Waals surface area (Å²) in [5.41, 5.74) is 0.202. The van der Waals surface area contributed by atoms with Crippen molar-refractivity contribution in [2.24, 2.45) is 0 Å². The fourth-order valence-electron chi connectivity index (χ4n) is 1.84. The molecule has 0 saturated carbocycles. The Hall–Kier alpha value is -0.900. The van der Waals surface area contributed by atoms with E-state index in [-0.39, 0.29) is 20.6 Å². The van der Waals surface area contributed by atoms with Crippen LogP contribution in [0.4, 0.5) is 13.2 Å². The molecule has 0 aliphatic heterocycles. The number of benzene rings is 2. The smallest absolute Gasteiger partial charge is 0.166 e. The average Bonchev–Trinajstić information content (AvgIpc) is 2.33. The minimum absolute atomic E-state index is 0.150. The van der Waals surface area contributed by atoms with E-state index in [1.807, 2.05) is 0 Å². The lowest BCUT2D eigenvalue weighted by Crippen LogP contribution is -2.07. The van der Waals surface area contributed by atoms with Crippen LogP contribution in [0.2, 0.25) is 15.1 Å². The fraction of sp³-hybridized carbons (Fsp3) is 0.143. The molecule has 0 saturated heterocycles. The van der Waals surface area contributed by atoms with Crippen LogP contribution in [-0.4, -0.2) is 0 Å². The second-order valence-electron chi connectivity index (χ2n) is 4.27. The van der Waals surface area contributed by atoms with Gasteiger partial charge in [0.15, 0.2) is 0 Å². The first-order valence-electron chi connectivity index (χ1n) is 5.53. The van der Waals surface area contributed by atoms with E-state index in [1.54, 1.807) is 6.07 Å². The van der Waals surface area contributed by atoms with Crippen molar-refractivity contribution in [3.05, 3.63) is 56.5 Å². The normalized spacial score (nSPS) is 11.8. The Morgan fingerprint density at radius 1 is 0.850 bits per heavy atom. The van der Waals surface area contributed by atoms with Crippen LogP contribution >= 0.6 is 34.8 Å². The number of alkyl halides is 3. The van der Waals surface area contributed by atoms with Gasteiger partial charge in [0.2, 0.25) is 0 Å². The Balaban J connectivity index is 2.63. The lowest BCUT2D eigenvalue weighted by atomic mass is 9.99. The molecule has 0 aliphatic rings. The molecule has 0 nitrogen and oxygen atoms in total. The molecule has 2 aromatic rings. The van der Waals surface area contributed by atoms with Crippen molar-refractivity contribution in [1.29, 1.82) is 0 Å². The van der Waals surface area contributed by atoms with Gasteiger partial charge in [0, 0.05) is 10.6 Å². The summed E-state index contributed by atoms with van der Waals surface area (Å²) in [6.45, 7) is 1.41. The van der Waals surface area contributed by atoms with Crippen LogP contribution in [0.5, 0.6) is 0 Å². The third-order valence-electron chi connectivity index (χ3n) is 2.86. The van der Waals surface area contributed by atoms with E-state index in [1.165, 1.54) is 25.1 Å². The van der Waals surface area contributed by atoms with Gasteiger partial charge in [0.25, 0.3) is 0 Å². The van der Waals surface area contributed by atoms with Gasteiger partial charge < -0.3 is 0 Å². The van der Waals surface area contributed by atoms with E-state index in [0.29, 0.717) is 11.1 Å². The van der Waals surface area contributed by atoms with Crippen molar-refractivity contribution < 1.29 is 13.2 Å². The molecule has 106 valence electrons. The van der Waals surface area contributed by atoms with Gasteiger partial charge in [-0.2, -0.15) is 13.2 Å². The van der Waals surface area contributed by atoms with Gasteiger partial charge in [0.1, 0.15) is 0 Å². The molecule has 6 heteroatoms. The minimum Gasteiger partial charge on any atom is -0.166 e. The van der Waals surface area contributed by atoms with Crippen LogP contribution in [0, 0.1) is 6.92 Å². The first-order valence-corrected chi connectivity index (χ1v) is 6.66. The van der Waals surface area contributed by atoms with Crippen molar-refractivity contribution in [2.75, 3.05) is 0 Å². The lowest BCUT2D eigenvalue weighted by molar-refractivity contribution is -0.138.